The van der Waals surface area contributed by atoms with Gasteiger partial charge >= 0.3 is 0 Å². The third-order valence-corrected chi connectivity index (χ3v) is 4.59. The van der Waals surface area contributed by atoms with E-state index in [1.54, 1.807) is 6.07 Å². The number of halogens is 2. The van der Waals surface area contributed by atoms with E-state index in [1.807, 2.05) is 6.08 Å². The standard InChI is InChI=1S/C16H15F2NS/c1-10-8-15(19-14-7-3-5-12(10)14)20-9-11-4-2-6-13(17)16(11)18/h2,4,6,8,19H,1,3,5,7,9H2. The van der Waals surface area contributed by atoms with Gasteiger partial charge in [-0.25, -0.2) is 8.78 Å². The Kier molecular flexibility index (Phi) is 3.66. The number of allylic oxidation sites excluding steroid dienone is 4. The van der Waals surface area contributed by atoms with Crippen molar-refractivity contribution in [1.82, 2.24) is 5.32 Å². The molecule has 0 atom stereocenters. The van der Waals surface area contributed by atoms with Crippen molar-refractivity contribution >= 4 is 11.8 Å². The zero-order chi connectivity index (χ0) is 14.1. The van der Waals surface area contributed by atoms with E-state index in [0.29, 0.717) is 11.3 Å². The van der Waals surface area contributed by atoms with Gasteiger partial charge in [-0.05, 0) is 42.6 Å². The van der Waals surface area contributed by atoms with Crippen LogP contribution >= 0.6 is 11.8 Å². The Hall–Kier alpha value is -1.55. The highest BCUT2D eigenvalue weighted by molar-refractivity contribution is 8.02. The number of dihydropyridines is 1. The molecule has 0 unspecified atom stereocenters. The smallest absolute Gasteiger partial charge is 0.162 e. The first-order valence-corrected chi connectivity index (χ1v) is 7.59. The summed E-state index contributed by atoms with van der Waals surface area (Å²) in [6.45, 7) is 4.07. The first-order chi connectivity index (χ1) is 9.65. The maximum absolute atomic E-state index is 13.6. The topological polar surface area (TPSA) is 12.0 Å². The SMILES string of the molecule is C=C1C=C(SCc2cccc(F)c2F)NC2=C1CCC2. The Morgan fingerprint density at radius 3 is 2.95 bits per heavy atom. The first-order valence-electron chi connectivity index (χ1n) is 6.61. The van der Waals surface area contributed by atoms with Crippen molar-refractivity contribution in [2.75, 3.05) is 0 Å². The summed E-state index contributed by atoms with van der Waals surface area (Å²) >= 11 is 1.47. The second-order valence-corrected chi connectivity index (χ2v) is 5.99. The van der Waals surface area contributed by atoms with Gasteiger partial charge in [-0.15, -0.1) is 11.8 Å². The molecule has 1 aromatic carbocycles. The molecule has 1 nitrogen and oxygen atoms in total. The summed E-state index contributed by atoms with van der Waals surface area (Å²) in [4.78, 5) is 0. The normalized spacial score (nSPS) is 17.9. The fourth-order valence-corrected chi connectivity index (χ4v) is 3.51. The largest absolute Gasteiger partial charge is 0.353 e. The van der Waals surface area contributed by atoms with Gasteiger partial charge in [-0.3, -0.25) is 0 Å². The molecule has 0 spiro atoms. The summed E-state index contributed by atoms with van der Waals surface area (Å²) in [5.41, 5.74) is 3.97. The van der Waals surface area contributed by atoms with Gasteiger partial charge in [-0.1, -0.05) is 18.7 Å². The maximum Gasteiger partial charge on any atom is 0.162 e. The molecule has 20 heavy (non-hydrogen) atoms. The second kappa shape index (κ2) is 5.44. The molecule has 0 aromatic heterocycles. The Bertz CT molecular complexity index is 631. The van der Waals surface area contributed by atoms with Gasteiger partial charge in [0.1, 0.15) is 0 Å². The van der Waals surface area contributed by atoms with Crippen LogP contribution in [0.5, 0.6) is 0 Å². The van der Waals surface area contributed by atoms with Crippen LogP contribution in [0.4, 0.5) is 8.78 Å². The molecule has 0 saturated carbocycles. The molecule has 0 radical (unpaired) electrons. The molecule has 1 heterocycles. The van der Waals surface area contributed by atoms with Crippen molar-refractivity contribution < 1.29 is 8.78 Å². The van der Waals surface area contributed by atoms with Crippen molar-refractivity contribution in [3.05, 3.63) is 69.9 Å². The van der Waals surface area contributed by atoms with Crippen LogP contribution in [0.2, 0.25) is 0 Å². The molecule has 1 N–H and O–H groups in total. The van der Waals surface area contributed by atoms with Crippen molar-refractivity contribution in [3.63, 3.8) is 0 Å². The zero-order valence-electron chi connectivity index (χ0n) is 11.0. The van der Waals surface area contributed by atoms with Gasteiger partial charge in [0.2, 0.25) is 0 Å². The van der Waals surface area contributed by atoms with Crippen molar-refractivity contribution in [2.45, 2.75) is 25.0 Å². The van der Waals surface area contributed by atoms with E-state index in [-0.39, 0.29) is 0 Å². The number of hydrogen-bond donors (Lipinski definition) is 1. The number of benzene rings is 1. The van der Waals surface area contributed by atoms with Gasteiger partial charge in [0.05, 0.1) is 5.03 Å². The molecule has 104 valence electrons. The third-order valence-electron chi connectivity index (χ3n) is 3.60. The molecule has 3 rings (SSSR count). The van der Waals surface area contributed by atoms with E-state index < -0.39 is 11.6 Å². The second-order valence-electron chi connectivity index (χ2n) is 4.97. The van der Waals surface area contributed by atoms with Crippen LogP contribution in [-0.2, 0) is 5.75 Å². The van der Waals surface area contributed by atoms with Gasteiger partial charge in [0.25, 0.3) is 0 Å². The van der Waals surface area contributed by atoms with Crippen LogP contribution in [0.25, 0.3) is 0 Å². The lowest BCUT2D eigenvalue weighted by Gasteiger charge is -2.19. The summed E-state index contributed by atoms with van der Waals surface area (Å²) in [6.07, 6.45) is 5.27. The lowest BCUT2D eigenvalue weighted by atomic mass is 10.0. The van der Waals surface area contributed by atoms with Gasteiger partial charge in [0, 0.05) is 17.0 Å². The minimum Gasteiger partial charge on any atom is -0.353 e. The van der Waals surface area contributed by atoms with Crippen LogP contribution in [-0.4, -0.2) is 0 Å². The summed E-state index contributed by atoms with van der Waals surface area (Å²) in [6, 6.07) is 4.29. The lowest BCUT2D eigenvalue weighted by Crippen LogP contribution is -2.15. The van der Waals surface area contributed by atoms with Gasteiger partial charge in [0.15, 0.2) is 11.6 Å². The fourth-order valence-electron chi connectivity index (χ4n) is 2.56. The van der Waals surface area contributed by atoms with E-state index in [4.69, 9.17) is 0 Å². The molecular formula is C16H15F2NS. The van der Waals surface area contributed by atoms with Gasteiger partial charge < -0.3 is 5.32 Å². The molecule has 0 saturated heterocycles. The lowest BCUT2D eigenvalue weighted by molar-refractivity contribution is 0.502. The maximum atomic E-state index is 13.6. The number of thioether (sulfide) groups is 1. The van der Waals surface area contributed by atoms with Crippen molar-refractivity contribution in [1.29, 1.82) is 0 Å². The summed E-state index contributed by atoms with van der Waals surface area (Å²) in [5, 5.41) is 4.33. The zero-order valence-corrected chi connectivity index (χ0v) is 11.8. The molecule has 1 aliphatic heterocycles. The predicted octanol–water partition coefficient (Wildman–Crippen LogP) is 4.64. The highest BCUT2D eigenvalue weighted by Crippen LogP contribution is 2.36. The molecular weight excluding hydrogens is 276 g/mol. The Morgan fingerprint density at radius 2 is 2.10 bits per heavy atom. The van der Waals surface area contributed by atoms with E-state index in [9.17, 15) is 8.78 Å². The highest BCUT2D eigenvalue weighted by Gasteiger charge is 2.21. The quantitative estimate of drug-likeness (QED) is 0.871. The summed E-state index contributed by atoms with van der Waals surface area (Å²) in [7, 11) is 0. The van der Waals surface area contributed by atoms with E-state index >= 15 is 0 Å². The van der Waals surface area contributed by atoms with Crippen LogP contribution in [0, 0.1) is 11.6 Å². The van der Waals surface area contributed by atoms with Gasteiger partial charge in [-0.2, -0.15) is 0 Å². The third kappa shape index (κ3) is 2.52. The minimum atomic E-state index is -0.793. The number of hydrogen-bond acceptors (Lipinski definition) is 2. The molecule has 4 heteroatoms. The number of nitrogens with one attached hydrogen (secondary N) is 1. The Balaban J connectivity index is 1.69. The van der Waals surface area contributed by atoms with Crippen LogP contribution in [0.3, 0.4) is 0 Å². The van der Waals surface area contributed by atoms with Crippen LogP contribution in [0.1, 0.15) is 24.8 Å². The first kappa shape index (κ1) is 13.4. The van der Waals surface area contributed by atoms with Crippen LogP contribution in [0.15, 0.2) is 52.7 Å². The molecule has 1 aliphatic carbocycles. The number of rotatable bonds is 3. The fraction of sp³-hybridized carbons (Fsp3) is 0.250. The van der Waals surface area contributed by atoms with Crippen LogP contribution < -0.4 is 5.32 Å². The Morgan fingerprint density at radius 1 is 1.25 bits per heavy atom. The Labute approximate surface area is 121 Å². The van der Waals surface area contributed by atoms with Crippen molar-refractivity contribution in [3.8, 4) is 0 Å². The average molecular weight is 291 g/mol. The van der Waals surface area contributed by atoms with E-state index in [2.05, 4.69) is 11.9 Å². The molecule has 0 amide bonds. The highest BCUT2D eigenvalue weighted by atomic mass is 32.2. The molecule has 0 bridgehead atoms. The van der Waals surface area contributed by atoms with E-state index in [1.165, 1.54) is 29.1 Å². The predicted molar refractivity (Wildman–Crippen MR) is 78.9 cm³/mol. The molecule has 2 aliphatic rings. The average Bonchev–Trinajstić information content (AvgIpc) is 2.89. The summed E-state index contributed by atoms with van der Waals surface area (Å²) < 4.78 is 26.7. The molecule has 1 aromatic rings. The van der Waals surface area contributed by atoms with E-state index in [0.717, 1.165) is 35.9 Å². The van der Waals surface area contributed by atoms with Crippen molar-refractivity contribution in [2.24, 2.45) is 0 Å². The summed E-state index contributed by atoms with van der Waals surface area (Å²) in [5.74, 6) is -1.15. The minimum absolute atomic E-state index is 0.384. The monoisotopic (exact) mass is 291 g/mol. The molecule has 0 fully saturated rings.